The highest BCUT2D eigenvalue weighted by Crippen LogP contribution is 2.33. The van der Waals surface area contributed by atoms with Gasteiger partial charge in [0.05, 0.1) is 22.8 Å². The van der Waals surface area contributed by atoms with Crippen molar-refractivity contribution < 1.29 is 19.2 Å². The predicted molar refractivity (Wildman–Crippen MR) is 151 cm³/mol. The average Bonchev–Trinajstić information content (AvgIpc) is 3.20. The minimum Gasteiger partial charge on any atom is -0.380 e. The summed E-state index contributed by atoms with van der Waals surface area (Å²) in [6, 6.07) is 20.4. The second-order valence-corrected chi connectivity index (χ2v) is 10.9. The fraction of sp³-hybridized carbons (Fsp3) is 0.281. The van der Waals surface area contributed by atoms with E-state index < -0.39 is 29.7 Å². The van der Waals surface area contributed by atoms with Crippen molar-refractivity contribution in [3.8, 4) is 6.07 Å². The first-order valence-corrected chi connectivity index (χ1v) is 13.7. The first-order valence-electron chi connectivity index (χ1n) is 13.7. The van der Waals surface area contributed by atoms with Crippen LogP contribution in [-0.4, -0.2) is 52.6 Å². The number of piperidine rings is 1. The molecule has 0 aromatic heterocycles. The second-order valence-electron chi connectivity index (χ2n) is 10.9. The monoisotopic (exact) mass is 547 g/mol. The van der Waals surface area contributed by atoms with E-state index in [-0.39, 0.29) is 24.0 Å². The largest absolute Gasteiger partial charge is 0.380 e. The standard InChI is InChI=1S/C32H29N5O4/c1-19-12-21(8-9-23(19)16-36-17-24(18-36)22-5-2-4-20(13-22)14-33)15-34-26-7-3-6-25-29(26)32(41)37(31(25)40)27-10-11-28(38)35-30(27)39/h2-9,12-13,24,27,34H,10-11,15-18H2,1H3,(H,35,38,39). The summed E-state index contributed by atoms with van der Waals surface area (Å²) in [4.78, 5) is 53.7. The van der Waals surface area contributed by atoms with Gasteiger partial charge in [0, 0.05) is 44.2 Å². The van der Waals surface area contributed by atoms with E-state index in [1.165, 1.54) is 16.7 Å². The Labute approximate surface area is 237 Å². The Morgan fingerprint density at radius 1 is 1.00 bits per heavy atom. The lowest BCUT2D eigenvalue weighted by atomic mass is 9.90. The number of carbonyl (C=O) groups excluding carboxylic acids is 4. The quantitative estimate of drug-likeness (QED) is 0.434. The molecule has 6 rings (SSSR count). The number of benzene rings is 3. The number of carbonyl (C=O) groups is 4. The van der Waals surface area contributed by atoms with Crippen molar-refractivity contribution in [2.24, 2.45) is 0 Å². The molecule has 2 N–H and O–H groups in total. The van der Waals surface area contributed by atoms with E-state index in [2.05, 4.69) is 52.8 Å². The summed E-state index contributed by atoms with van der Waals surface area (Å²) >= 11 is 0. The van der Waals surface area contributed by atoms with Crippen LogP contribution in [0.4, 0.5) is 5.69 Å². The smallest absolute Gasteiger partial charge is 0.264 e. The first kappa shape index (κ1) is 26.4. The van der Waals surface area contributed by atoms with Gasteiger partial charge in [0.1, 0.15) is 6.04 Å². The molecular weight excluding hydrogens is 518 g/mol. The van der Waals surface area contributed by atoms with Crippen molar-refractivity contribution in [3.63, 3.8) is 0 Å². The lowest BCUT2D eigenvalue weighted by Crippen LogP contribution is -2.54. The number of rotatable bonds is 7. The molecule has 206 valence electrons. The number of anilines is 1. The SMILES string of the molecule is Cc1cc(CNc2cccc3c2C(=O)N(C2CCC(=O)NC2=O)C3=O)ccc1CN1CC(c2cccc(C#N)c2)C1. The molecule has 3 heterocycles. The molecule has 41 heavy (non-hydrogen) atoms. The molecule has 3 aromatic carbocycles. The van der Waals surface area contributed by atoms with E-state index >= 15 is 0 Å². The maximum atomic E-state index is 13.3. The van der Waals surface area contributed by atoms with Crippen LogP contribution in [0.15, 0.2) is 60.7 Å². The molecule has 1 unspecified atom stereocenters. The van der Waals surface area contributed by atoms with Gasteiger partial charge in [-0.1, -0.05) is 36.4 Å². The molecule has 4 amide bonds. The van der Waals surface area contributed by atoms with Crippen LogP contribution in [0.25, 0.3) is 0 Å². The molecular formula is C32H29N5O4. The molecule has 0 saturated carbocycles. The summed E-state index contributed by atoms with van der Waals surface area (Å²) in [6.45, 7) is 5.32. The molecule has 3 aliphatic rings. The molecule has 0 bridgehead atoms. The van der Waals surface area contributed by atoms with Gasteiger partial charge in [-0.25, -0.2) is 0 Å². The van der Waals surface area contributed by atoms with Crippen molar-refractivity contribution in [1.29, 1.82) is 5.26 Å². The second kappa shape index (κ2) is 10.6. The minimum atomic E-state index is -0.993. The summed E-state index contributed by atoms with van der Waals surface area (Å²) in [5.41, 5.74) is 6.41. The minimum absolute atomic E-state index is 0.0822. The van der Waals surface area contributed by atoms with E-state index in [9.17, 15) is 19.2 Å². The van der Waals surface area contributed by atoms with Crippen LogP contribution in [0, 0.1) is 18.3 Å². The van der Waals surface area contributed by atoms with Gasteiger partial charge in [0.25, 0.3) is 11.8 Å². The Morgan fingerprint density at radius 3 is 2.56 bits per heavy atom. The highest BCUT2D eigenvalue weighted by molar-refractivity contribution is 6.25. The molecule has 3 aliphatic heterocycles. The third-order valence-corrected chi connectivity index (χ3v) is 8.20. The summed E-state index contributed by atoms with van der Waals surface area (Å²) in [7, 11) is 0. The van der Waals surface area contributed by atoms with Crippen LogP contribution in [0.3, 0.4) is 0 Å². The van der Waals surface area contributed by atoms with Gasteiger partial charge < -0.3 is 5.32 Å². The van der Waals surface area contributed by atoms with Gasteiger partial charge in [-0.15, -0.1) is 0 Å². The zero-order chi connectivity index (χ0) is 28.7. The zero-order valence-electron chi connectivity index (χ0n) is 22.6. The molecule has 2 saturated heterocycles. The van der Waals surface area contributed by atoms with E-state index in [0.717, 1.165) is 30.1 Å². The van der Waals surface area contributed by atoms with Crippen LogP contribution >= 0.6 is 0 Å². The number of nitrogens with one attached hydrogen (secondary N) is 2. The summed E-state index contributed by atoms with van der Waals surface area (Å²) in [5.74, 6) is -1.62. The van der Waals surface area contributed by atoms with E-state index in [1.54, 1.807) is 18.2 Å². The van der Waals surface area contributed by atoms with Crippen molar-refractivity contribution >= 4 is 29.3 Å². The van der Waals surface area contributed by atoms with E-state index in [1.807, 2.05) is 18.2 Å². The van der Waals surface area contributed by atoms with Crippen LogP contribution in [0.5, 0.6) is 0 Å². The highest BCUT2D eigenvalue weighted by atomic mass is 16.2. The van der Waals surface area contributed by atoms with Crippen molar-refractivity contribution in [2.75, 3.05) is 18.4 Å². The molecule has 0 spiro atoms. The normalized spacial score (nSPS) is 19.0. The first-order chi connectivity index (χ1) is 19.8. The molecule has 9 nitrogen and oxygen atoms in total. The molecule has 3 aromatic rings. The van der Waals surface area contributed by atoms with Crippen LogP contribution in [-0.2, 0) is 22.7 Å². The van der Waals surface area contributed by atoms with Crippen LogP contribution in [0.1, 0.15) is 67.3 Å². The van der Waals surface area contributed by atoms with Crippen molar-refractivity contribution in [2.45, 2.75) is 44.8 Å². The Kier molecular flexibility index (Phi) is 6.85. The Bertz CT molecular complexity index is 1640. The number of aryl methyl sites for hydroxylation is 1. The fourth-order valence-corrected chi connectivity index (χ4v) is 5.92. The predicted octanol–water partition coefficient (Wildman–Crippen LogP) is 3.48. The molecule has 0 aliphatic carbocycles. The molecule has 9 heteroatoms. The summed E-state index contributed by atoms with van der Waals surface area (Å²) in [5, 5.41) is 14.7. The lowest BCUT2D eigenvalue weighted by Gasteiger charge is -2.40. The zero-order valence-corrected chi connectivity index (χ0v) is 22.6. The highest BCUT2D eigenvalue weighted by Gasteiger charge is 2.45. The van der Waals surface area contributed by atoms with Gasteiger partial charge in [0.2, 0.25) is 11.8 Å². The fourth-order valence-electron chi connectivity index (χ4n) is 5.92. The number of hydrogen-bond acceptors (Lipinski definition) is 7. The Hall–Kier alpha value is -4.81. The van der Waals surface area contributed by atoms with Gasteiger partial charge in [-0.05, 0) is 59.9 Å². The molecule has 0 radical (unpaired) electrons. The van der Waals surface area contributed by atoms with E-state index in [0.29, 0.717) is 23.7 Å². The number of nitrogens with zero attached hydrogens (tertiary/aromatic N) is 3. The van der Waals surface area contributed by atoms with Gasteiger partial charge in [-0.2, -0.15) is 5.26 Å². The topological polar surface area (TPSA) is 123 Å². The number of imide groups is 2. The third-order valence-electron chi connectivity index (χ3n) is 8.20. The number of likely N-dealkylation sites (tertiary alicyclic amines) is 1. The number of amides is 4. The van der Waals surface area contributed by atoms with Gasteiger partial charge >= 0.3 is 0 Å². The molecule has 1 atom stereocenters. The number of fused-ring (bicyclic) bond motifs is 1. The number of nitriles is 1. The van der Waals surface area contributed by atoms with Crippen molar-refractivity contribution in [1.82, 2.24) is 15.1 Å². The maximum absolute atomic E-state index is 13.3. The average molecular weight is 548 g/mol. The Morgan fingerprint density at radius 2 is 1.80 bits per heavy atom. The lowest BCUT2D eigenvalue weighted by molar-refractivity contribution is -0.136. The summed E-state index contributed by atoms with van der Waals surface area (Å²) in [6.07, 6.45) is 0.204. The van der Waals surface area contributed by atoms with Gasteiger partial charge in [-0.3, -0.25) is 34.3 Å². The summed E-state index contributed by atoms with van der Waals surface area (Å²) < 4.78 is 0. The van der Waals surface area contributed by atoms with Crippen LogP contribution in [0.2, 0.25) is 0 Å². The molecule has 2 fully saturated rings. The van der Waals surface area contributed by atoms with Gasteiger partial charge in [0.15, 0.2) is 0 Å². The van der Waals surface area contributed by atoms with E-state index in [4.69, 9.17) is 5.26 Å². The maximum Gasteiger partial charge on any atom is 0.264 e. The van der Waals surface area contributed by atoms with Crippen molar-refractivity contribution in [3.05, 3.63) is 99.6 Å². The third kappa shape index (κ3) is 4.98. The number of hydrogen-bond donors (Lipinski definition) is 2. The Balaban J connectivity index is 1.09. The van der Waals surface area contributed by atoms with Crippen LogP contribution < -0.4 is 10.6 Å².